The van der Waals surface area contributed by atoms with E-state index in [4.69, 9.17) is 0 Å². The summed E-state index contributed by atoms with van der Waals surface area (Å²) in [6, 6.07) is 24.7. The topological polar surface area (TPSA) is 0 Å². The zero-order valence-corrected chi connectivity index (χ0v) is 23.3. The lowest BCUT2D eigenvalue weighted by Gasteiger charge is -2.20. The predicted molar refractivity (Wildman–Crippen MR) is 159 cm³/mol. The zero-order valence-electron chi connectivity index (χ0n) is 22.3. The van der Waals surface area contributed by atoms with E-state index in [-0.39, 0.29) is 0 Å². The van der Waals surface area contributed by atoms with Crippen molar-refractivity contribution in [3.63, 3.8) is 0 Å². The molecule has 0 fully saturated rings. The highest BCUT2D eigenvalue weighted by atomic mass is 28.3. The van der Waals surface area contributed by atoms with Gasteiger partial charge in [-0.25, -0.2) is 0 Å². The quantitative estimate of drug-likeness (QED) is 0.139. The molecule has 0 atom stereocenters. The van der Waals surface area contributed by atoms with Crippen LogP contribution in [0.25, 0.3) is 43.1 Å². The van der Waals surface area contributed by atoms with Crippen molar-refractivity contribution < 1.29 is 0 Å². The molecule has 0 spiro atoms. The van der Waals surface area contributed by atoms with Crippen LogP contribution in [0.15, 0.2) is 54.6 Å². The monoisotopic (exact) mass is 472 g/mol. The molecule has 0 aromatic heterocycles. The standard InChI is InChI=1S/C34H36Si/c1-8-35(9-2,10-3)16-15-28-33-20-31-24(6)13-11-22(4)29(31)18-26(33)17-27-19-30-23(5)12-14-25(7)32(30)21-34(27)28/h11-14,17-21H,8-10H2,1-7H3. The minimum Gasteiger partial charge on any atom is -0.126 e. The fourth-order valence-corrected chi connectivity index (χ4v) is 8.15. The molecule has 1 heteroatoms. The molecule has 5 aromatic rings. The van der Waals surface area contributed by atoms with E-state index < -0.39 is 8.07 Å². The molecule has 0 heterocycles. The predicted octanol–water partition coefficient (Wildman–Crippen LogP) is 9.93. The molecule has 0 aliphatic heterocycles. The summed E-state index contributed by atoms with van der Waals surface area (Å²) >= 11 is 0. The minimum absolute atomic E-state index is 1.22. The maximum atomic E-state index is 3.92. The molecule has 0 saturated carbocycles. The Morgan fingerprint density at radius 1 is 0.514 bits per heavy atom. The number of aryl methyl sites for hydroxylation is 4. The van der Waals surface area contributed by atoms with E-state index in [1.807, 2.05) is 0 Å². The summed E-state index contributed by atoms with van der Waals surface area (Å²) in [7, 11) is -1.58. The molecule has 35 heavy (non-hydrogen) atoms. The van der Waals surface area contributed by atoms with Crippen LogP contribution in [0.3, 0.4) is 0 Å². The van der Waals surface area contributed by atoms with Gasteiger partial charge in [0.05, 0.1) is 0 Å². The van der Waals surface area contributed by atoms with Gasteiger partial charge in [0.15, 0.2) is 0 Å². The Balaban J connectivity index is 1.98. The summed E-state index contributed by atoms with van der Waals surface area (Å²) in [6.07, 6.45) is 0. The second kappa shape index (κ2) is 8.85. The zero-order chi connectivity index (χ0) is 24.9. The van der Waals surface area contributed by atoms with Gasteiger partial charge in [0.25, 0.3) is 0 Å². The van der Waals surface area contributed by atoms with E-state index in [0.29, 0.717) is 0 Å². The van der Waals surface area contributed by atoms with Crippen molar-refractivity contribution in [3.8, 4) is 11.5 Å². The molecule has 176 valence electrons. The van der Waals surface area contributed by atoms with E-state index in [1.165, 1.54) is 89.0 Å². The van der Waals surface area contributed by atoms with E-state index in [0.717, 1.165) is 0 Å². The van der Waals surface area contributed by atoms with Crippen molar-refractivity contribution in [2.75, 3.05) is 0 Å². The maximum absolute atomic E-state index is 3.92. The number of hydrogen-bond donors (Lipinski definition) is 0. The van der Waals surface area contributed by atoms with Gasteiger partial charge < -0.3 is 0 Å². The van der Waals surface area contributed by atoms with Crippen LogP contribution >= 0.6 is 0 Å². The van der Waals surface area contributed by atoms with Gasteiger partial charge >= 0.3 is 0 Å². The van der Waals surface area contributed by atoms with Gasteiger partial charge in [-0.3, -0.25) is 0 Å². The average molecular weight is 473 g/mol. The summed E-state index contributed by atoms with van der Waals surface area (Å²) in [4.78, 5) is 0. The van der Waals surface area contributed by atoms with Crippen LogP contribution in [0.4, 0.5) is 0 Å². The molecule has 0 unspecified atom stereocenters. The Hall–Kier alpha value is -3.08. The fourth-order valence-electron chi connectivity index (χ4n) is 5.73. The van der Waals surface area contributed by atoms with Crippen molar-refractivity contribution in [1.29, 1.82) is 0 Å². The van der Waals surface area contributed by atoms with Gasteiger partial charge in [0.1, 0.15) is 8.07 Å². The number of fused-ring (bicyclic) bond motifs is 4. The van der Waals surface area contributed by atoms with Gasteiger partial charge in [-0.05, 0) is 142 Å². The van der Waals surface area contributed by atoms with Gasteiger partial charge in [0, 0.05) is 5.56 Å². The van der Waals surface area contributed by atoms with Crippen molar-refractivity contribution in [1.82, 2.24) is 0 Å². The molecular formula is C34H36Si. The first-order chi connectivity index (χ1) is 16.8. The summed E-state index contributed by atoms with van der Waals surface area (Å²) in [5, 5.41) is 10.6. The summed E-state index contributed by atoms with van der Waals surface area (Å²) in [6.45, 7) is 15.9. The number of benzene rings is 5. The van der Waals surface area contributed by atoms with Crippen molar-refractivity contribution in [3.05, 3.63) is 82.4 Å². The Bertz CT molecular complexity index is 1570. The van der Waals surface area contributed by atoms with Crippen LogP contribution in [0, 0.1) is 39.2 Å². The molecule has 0 saturated heterocycles. The molecular weight excluding hydrogens is 436 g/mol. The van der Waals surface area contributed by atoms with Gasteiger partial charge in [-0.15, -0.1) is 5.54 Å². The molecule has 0 amide bonds. The maximum Gasteiger partial charge on any atom is 0.138 e. The third kappa shape index (κ3) is 3.85. The van der Waals surface area contributed by atoms with Crippen LogP contribution in [-0.2, 0) is 0 Å². The molecule has 0 aliphatic rings. The molecule has 5 aromatic carbocycles. The third-order valence-corrected chi connectivity index (χ3v) is 13.3. The highest BCUT2D eigenvalue weighted by Gasteiger charge is 2.24. The summed E-state index contributed by atoms with van der Waals surface area (Å²) in [5.41, 5.74) is 10.5. The second-order valence-corrected chi connectivity index (χ2v) is 15.4. The Morgan fingerprint density at radius 3 is 1.26 bits per heavy atom. The lowest BCUT2D eigenvalue weighted by Crippen LogP contribution is -2.29. The van der Waals surface area contributed by atoms with Crippen molar-refractivity contribution in [2.45, 2.75) is 66.6 Å². The normalized spacial score (nSPS) is 12.0. The highest BCUT2D eigenvalue weighted by Crippen LogP contribution is 2.37. The minimum atomic E-state index is -1.58. The Morgan fingerprint density at radius 2 is 0.886 bits per heavy atom. The Labute approximate surface area is 211 Å². The molecule has 0 bridgehead atoms. The molecule has 0 aliphatic carbocycles. The molecule has 0 N–H and O–H groups in total. The van der Waals surface area contributed by atoms with Gasteiger partial charge in [0.2, 0.25) is 0 Å². The first-order valence-electron chi connectivity index (χ1n) is 13.1. The fraction of sp³-hybridized carbons (Fsp3) is 0.294. The summed E-state index contributed by atoms with van der Waals surface area (Å²) in [5.74, 6) is 3.83. The number of rotatable bonds is 3. The third-order valence-electron chi connectivity index (χ3n) is 8.58. The van der Waals surface area contributed by atoms with Crippen molar-refractivity contribution >= 4 is 51.2 Å². The smallest absolute Gasteiger partial charge is 0.126 e. The lowest BCUT2D eigenvalue weighted by molar-refractivity contribution is 1.20. The molecule has 0 nitrogen and oxygen atoms in total. The first-order valence-corrected chi connectivity index (χ1v) is 15.8. The van der Waals surface area contributed by atoms with Crippen LogP contribution < -0.4 is 0 Å². The van der Waals surface area contributed by atoms with E-state index in [9.17, 15) is 0 Å². The number of hydrogen-bond acceptors (Lipinski definition) is 0. The molecule has 5 rings (SSSR count). The van der Waals surface area contributed by atoms with Crippen LogP contribution in [0.5, 0.6) is 0 Å². The molecule has 0 radical (unpaired) electrons. The largest absolute Gasteiger partial charge is 0.138 e. The van der Waals surface area contributed by atoms with Crippen LogP contribution in [0.2, 0.25) is 18.1 Å². The highest BCUT2D eigenvalue weighted by molar-refractivity contribution is 6.87. The van der Waals surface area contributed by atoms with Gasteiger partial charge in [-0.2, -0.15) is 0 Å². The van der Waals surface area contributed by atoms with Crippen LogP contribution in [0.1, 0.15) is 48.6 Å². The SMILES string of the molecule is CC[Si](C#Cc1c2cc3c(C)ccc(C)c3cc2cc2cc3c(C)ccc(C)c3cc12)(CC)CC. The average Bonchev–Trinajstić information content (AvgIpc) is 2.87. The van der Waals surface area contributed by atoms with E-state index in [1.54, 1.807) is 0 Å². The van der Waals surface area contributed by atoms with Crippen LogP contribution in [-0.4, -0.2) is 8.07 Å². The van der Waals surface area contributed by atoms with Gasteiger partial charge in [-0.1, -0.05) is 51.0 Å². The first kappa shape index (κ1) is 23.6. The Kier molecular flexibility index (Phi) is 5.98. The van der Waals surface area contributed by atoms with E-state index in [2.05, 4.69) is 115 Å². The van der Waals surface area contributed by atoms with Crippen molar-refractivity contribution in [2.24, 2.45) is 0 Å². The second-order valence-electron chi connectivity index (χ2n) is 10.5. The lowest BCUT2D eigenvalue weighted by atomic mass is 9.90. The van der Waals surface area contributed by atoms with E-state index >= 15 is 0 Å². The summed E-state index contributed by atoms with van der Waals surface area (Å²) < 4.78 is 0.